The van der Waals surface area contributed by atoms with Gasteiger partial charge in [-0.1, -0.05) is 24.3 Å². The SMILES string of the molecule is N#CC1(NC(=O)c2cccc(CN3C(=O)c4ccccc4C3=O)c2)CCCC1. The van der Waals surface area contributed by atoms with Gasteiger partial charge < -0.3 is 5.32 Å². The molecular weight excluding hydrogens is 354 g/mol. The number of hydrogen-bond donors (Lipinski definition) is 1. The van der Waals surface area contributed by atoms with Crippen LogP contribution in [0.3, 0.4) is 0 Å². The molecule has 6 heteroatoms. The summed E-state index contributed by atoms with van der Waals surface area (Å²) < 4.78 is 0. The van der Waals surface area contributed by atoms with Gasteiger partial charge in [0.2, 0.25) is 0 Å². The van der Waals surface area contributed by atoms with Crippen LogP contribution in [0.2, 0.25) is 0 Å². The van der Waals surface area contributed by atoms with Crippen LogP contribution in [-0.4, -0.2) is 28.2 Å². The minimum absolute atomic E-state index is 0.0941. The lowest BCUT2D eigenvalue weighted by atomic mass is 9.99. The van der Waals surface area contributed by atoms with Gasteiger partial charge in [-0.25, -0.2) is 0 Å². The lowest BCUT2D eigenvalue weighted by Crippen LogP contribution is -2.45. The zero-order valence-electron chi connectivity index (χ0n) is 15.3. The number of nitrogens with one attached hydrogen (secondary N) is 1. The van der Waals surface area contributed by atoms with E-state index < -0.39 is 5.54 Å². The molecule has 1 fully saturated rings. The third-order valence-corrected chi connectivity index (χ3v) is 5.43. The van der Waals surface area contributed by atoms with E-state index in [1.54, 1.807) is 48.5 Å². The highest BCUT2D eigenvalue weighted by atomic mass is 16.2. The zero-order valence-corrected chi connectivity index (χ0v) is 15.3. The van der Waals surface area contributed by atoms with Gasteiger partial charge in [-0.2, -0.15) is 5.26 Å². The summed E-state index contributed by atoms with van der Waals surface area (Å²) in [6.45, 7) is 0.0941. The summed E-state index contributed by atoms with van der Waals surface area (Å²) in [4.78, 5) is 38.9. The summed E-state index contributed by atoms with van der Waals surface area (Å²) >= 11 is 0. The van der Waals surface area contributed by atoms with Gasteiger partial charge in [-0.15, -0.1) is 0 Å². The topological polar surface area (TPSA) is 90.3 Å². The summed E-state index contributed by atoms with van der Waals surface area (Å²) in [6, 6.07) is 15.8. The van der Waals surface area contributed by atoms with Crippen molar-refractivity contribution in [2.45, 2.75) is 37.8 Å². The number of fused-ring (bicyclic) bond motifs is 1. The number of amides is 3. The number of hydrogen-bond acceptors (Lipinski definition) is 4. The van der Waals surface area contributed by atoms with Gasteiger partial charge in [0.25, 0.3) is 17.7 Å². The fourth-order valence-corrected chi connectivity index (χ4v) is 3.91. The normalized spacial score (nSPS) is 17.3. The van der Waals surface area contributed by atoms with Crippen LogP contribution < -0.4 is 5.32 Å². The number of carbonyl (C=O) groups is 3. The summed E-state index contributed by atoms with van der Waals surface area (Å²) in [5, 5.41) is 12.3. The minimum atomic E-state index is -0.796. The average Bonchev–Trinajstić information content (AvgIpc) is 3.28. The Balaban J connectivity index is 1.52. The van der Waals surface area contributed by atoms with Crippen molar-refractivity contribution < 1.29 is 14.4 Å². The molecule has 2 aliphatic rings. The van der Waals surface area contributed by atoms with Crippen molar-refractivity contribution in [3.05, 3.63) is 70.8 Å². The molecule has 0 saturated heterocycles. The van der Waals surface area contributed by atoms with Crippen molar-refractivity contribution in [1.29, 1.82) is 5.26 Å². The molecule has 2 aromatic rings. The predicted molar refractivity (Wildman–Crippen MR) is 101 cm³/mol. The lowest BCUT2D eigenvalue weighted by Gasteiger charge is -2.22. The van der Waals surface area contributed by atoms with Crippen molar-refractivity contribution in [1.82, 2.24) is 10.2 Å². The average molecular weight is 373 g/mol. The Bertz CT molecular complexity index is 981. The maximum Gasteiger partial charge on any atom is 0.261 e. The molecule has 1 heterocycles. The van der Waals surface area contributed by atoms with Crippen LogP contribution in [0, 0.1) is 11.3 Å². The second-order valence-corrected chi connectivity index (χ2v) is 7.30. The number of nitrogens with zero attached hydrogens (tertiary/aromatic N) is 2. The molecule has 1 aliphatic carbocycles. The third-order valence-electron chi connectivity index (χ3n) is 5.43. The van der Waals surface area contributed by atoms with Crippen molar-refractivity contribution in [3.63, 3.8) is 0 Å². The quantitative estimate of drug-likeness (QED) is 0.834. The molecule has 1 N–H and O–H groups in total. The highest BCUT2D eigenvalue weighted by Crippen LogP contribution is 2.29. The maximum atomic E-state index is 12.7. The molecule has 0 atom stereocenters. The number of imide groups is 1. The van der Waals surface area contributed by atoms with Gasteiger partial charge in [0, 0.05) is 5.56 Å². The fourth-order valence-electron chi connectivity index (χ4n) is 3.91. The van der Waals surface area contributed by atoms with Gasteiger partial charge in [0.1, 0.15) is 5.54 Å². The Labute approximate surface area is 162 Å². The molecule has 2 aromatic carbocycles. The first-order valence-electron chi connectivity index (χ1n) is 9.31. The van der Waals surface area contributed by atoms with Crippen LogP contribution in [0.5, 0.6) is 0 Å². The van der Waals surface area contributed by atoms with Gasteiger partial charge in [0.05, 0.1) is 23.7 Å². The second-order valence-electron chi connectivity index (χ2n) is 7.30. The van der Waals surface area contributed by atoms with E-state index >= 15 is 0 Å². The number of nitriles is 1. The summed E-state index contributed by atoms with van der Waals surface area (Å²) in [6.07, 6.45) is 3.16. The van der Waals surface area contributed by atoms with Crippen LogP contribution in [-0.2, 0) is 6.54 Å². The molecule has 0 radical (unpaired) electrons. The molecule has 0 bridgehead atoms. The van der Waals surface area contributed by atoms with E-state index in [0.717, 1.165) is 12.8 Å². The van der Waals surface area contributed by atoms with E-state index in [1.807, 2.05) is 0 Å². The Morgan fingerprint density at radius 3 is 2.29 bits per heavy atom. The standard InChI is InChI=1S/C22H19N3O3/c23-14-22(10-3-4-11-22)24-19(26)16-7-5-6-15(12-16)13-25-20(27)17-8-1-2-9-18(17)21(25)28/h1-2,5-9,12H,3-4,10-11,13H2,(H,24,26). The van der Waals surface area contributed by atoms with Gasteiger partial charge in [-0.05, 0) is 55.5 Å². The number of carbonyl (C=O) groups excluding carboxylic acids is 3. The van der Waals surface area contributed by atoms with Crippen LogP contribution in [0.1, 0.15) is 62.3 Å². The Morgan fingerprint density at radius 2 is 1.68 bits per heavy atom. The minimum Gasteiger partial charge on any atom is -0.334 e. The molecule has 6 nitrogen and oxygen atoms in total. The van der Waals surface area contributed by atoms with Crippen LogP contribution in [0.25, 0.3) is 0 Å². The van der Waals surface area contributed by atoms with Gasteiger partial charge in [0.15, 0.2) is 0 Å². The van der Waals surface area contributed by atoms with Crippen molar-refractivity contribution in [2.75, 3.05) is 0 Å². The summed E-state index contributed by atoms with van der Waals surface area (Å²) in [5.41, 5.74) is 1.10. The third kappa shape index (κ3) is 3.05. The summed E-state index contributed by atoms with van der Waals surface area (Å²) in [7, 11) is 0. The molecule has 140 valence electrons. The predicted octanol–water partition coefficient (Wildman–Crippen LogP) is 3.05. The van der Waals surface area contributed by atoms with Gasteiger partial charge in [-0.3, -0.25) is 19.3 Å². The molecular formula is C22H19N3O3. The first-order valence-corrected chi connectivity index (χ1v) is 9.31. The lowest BCUT2D eigenvalue weighted by molar-refractivity contribution is 0.0642. The first kappa shape index (κ1) is 17.9. The zero-order chi connectivity index (χ0) is 19.7. The van der Waals surface area contributed by atoms with Crippen LogP contribution >= 0.6 is 0 Å². The number of rotatable bonds is 4. The molecule has 1 aliphatic heterocycles. The number of benzene rings is 2. The summed E-state index contributed by atoms with van der Waals surface area (Å²) in [5.74, 6) is -0.970. The molecule has 1 saturated carbocycles. The Morgan fingerprint density at radius 1 is 1.04 bits per heavy atom. The van der Waals surface area contributed by atoms with Crippen molar-refractivity contribution in [3.8, 4) is 6.07 Å². The largest absolute Gasteiger partial charge is 0.334 e. The van der Waals surface area contributed by atoms with E-state index in [1.165, 1.54) is 4.90 Å². The maximum absolute atomic E-state index is 12.7. The van der Waals surface area contributed by atoms with E-state index in [0.29, 0.717) is 35.1 Å². The smallest absolute Gasteiger partial charge is 0.261 e. The molecule has 0 aromatic heterocycles. The molecule has 28 heavy (non-hydrogen) atoms. The van der Waals surface area contributed by atoms with Crippen LogP contribution in [0.4, 0.5) is 0 Å². The highest BCUT2D eigenvalue weighted by molar-refractivity contribution is 6.21. The monoisotopic (exact) mass is 373 g/mol. The highest BCUT2D eigenvalue weighted by Gasteiger charge is 2.36. The van der Waals surface area contributed by atoms with Crippen molar-refractivity contribution >= 4 is 17.7 Å². The Kier molecular flexibility index (Phi) is 4.44. The Hall–Kier alpha value is -3.46. The van der Waals surface area contributed by atoms with E-state index in [2.05, 4.69) is 11.4 Å². The van der Waals surface area contributed by atoms with E-state index in [9.17, 15) is 19.6 Å². The molecule has 0 unspecified atom stereocenters. The van der Waals surface area contributed by atoms with E-state index in [-0.39, 0.29) is 24.3 Å². The molecule has 4 rings (SSSR count). The molecule has 0 spiro atoms. The van der Waals surface area contributed by atoms with E-state index in [4.69, 9.17) is 0 Å². The first-order chi connectivity index (χ1) is 13.5. The van der Waals surface area contributed by atoms with Crippen LogP contribution in [0.15, 0.2) is 48.5 Å². The van der Waals surface area contributed by atoms with Crippen molar-refractivity contribution in [2.24, 2.45) is 0 Å². The molecule has 3 amide bonds. The van der Waals surface area contributed by atoms with Gasteiger partial charge >= 0.3 is 0 Å². The second kappa shape index (κ2) is 6.93. The fraction of sp³-hybridized carbons (Fsp3) is 0.273.